The molecule has 0 aromatic carbocycles. The molecule has 15 heteroatoms. The number of carbonyl (C=O) groups excluding carboxylic acids is 3. The third-order valence-electron chi connectivity index (χ3n) is 3.76. The molecule has 3 rings (SSSR count). The molecule has 1 aromatic heterocycles. The van der Waals surface area contributed by atoms with E-state index in [0.29, 0.717) is 5.06 Å². The number of aromatic nitrogens is 1. The Bertz CT molecular complexity index is 800. The monoisotopic (exact) mass is 398 g/mol. The van der Waals surface area contributed by atoms with Gasteiger partial charge in [-0.3, -0.25) is 25.0 Å². The van der Waals surface area contributed by atoms with Crippen LogP contribution in [-0.4, -0.2) is 93.9 Å². The summed E-state index contributed by atoms with van der Waals surface area (Å²) in [5.74, 6) is -1.38. The molecule has 4 amide bonds. The van der Waals surface area contributed by atoms with Crippen molar-refractivity contribution >= 4 is 57.8 Å². The van der Waals surface area contributed by atoms with Crippen LogP contribution in [0.4, 0.5) is 4.79 Å². The van der Waals surface area contributed by atoms with Crippen molar-refractivity contribution in [2.45, 2.75) is 24.9 Å². The third-order valence-corrected chi connectivity index (χ3v) is 4.11. The minimum absolute atomic E-state index is 0. The zero-order valence-electron chi connectivity index (χ0n) is 13.5. The summed E-state index contributed by atoms with van der Waals surface area (Å²) in [6.07, 6.45) is 2.62. The average Bonchev–Trinajstić information content (AvgIpc) is 3.16. The summed E-state index contributed by atoms with van der Waals surface area (Å²) in [7, 11) is -4.86. The molecule has 2 aliphatic heterocycles. The van der Waals surface area contributed by atoms with E-state index in [9.17, 15) is 22.8 Å². The molecule has 2 bridgehead atoms. The number of oxazole rings is 1. The van der Waals surface area contributed by atoms with Gasteiger partial charge in [-0.15, -0.1) is 4.28 Å². The number of nitrogens with one attached hydrogen (secondary N) is 2. The average molecular weight is 398 g/mol. The number of fused-ring (bicyclic) bond motifs is 2. The maximum atomic E-state index is 12.2. The first-order valence-corrected chi connectivity index (χ1v) is 8.38. The number of nitrogens with zero attached hydrogens (tertiary/aromatic N) is 3. The number of hydrogen-bond donors (Lipinski definition) is 3. The molecule has 1 aromatic rings. The van der Waals surface area contributed by atoms with Crippen molar-refractivity contribution in [2.75, 3.05) is 6.54 Å². The summed E-state index contributed by atoms with van der Waals surface area (Å²) in [5, 5.41) is 0.524. The van der Waals surface area contributed by atoms with Gasteiger partial charge in [-0.1, -0.05) is 0 Å². The Hall–Kier alpha value is -1.71. The van der Waals surface area contributed by atoms with Gasteiger partial charge >= 0.3 is 16.4 Å². The summed E-state index contributed by atoms with van der Waals surface area (Å²) in [4.78, 5) is 40.7. The number of amides is 4. The van der Waals surface area contributed by atoms with Gasteiger partial charge in [0.25, 0.3) is 11.8 Å². The van der Waals surface area contributed by atoms with Crippen LogP contribution >= 0.6 is 0 Å². The molecule has 2 fully saturated rings. The van der Waals surface area contributed by atoms with Crippen LogP contribution in [0.15, 0.2) is 17.1 Å². The fourth-order valence-electron chi connectivity index (χ4n) is 2.69. The molecule has 3 heterocycles. The Kier molecular flexibility index (Phi) is 6.25. The number of hydrazine groups is 1. The molecule has 26 heavy (non-hydrogen) atoms. The van der Waals surface area contributed by atoms with Crippen molar-refractivity contribution < 1.29 is 36.1 Å². The fourth-order valence-corrected chi connectivity index (χ4v) is 3.08. The zero-order chi connectivity index (χ0) is 18.2. The predicted molar refractivity (Wildman–Crippen MR) is 81.3 cm³/mol. The number of hydrogen-bond acceptors (Lipinski definition) is 8. The van der Waals surface area contributed by atoms with Crippen molar-refractivity contribution in [3.63, 3.8) is 0 Å². The van der Waals surface area contributed by atoms with Gasteiger partial charge in [-0.25, -0.2) is 9.78 Å². The number of urea groups is 1. The third kappa shape index (κ3) is 4.33. The van der Waals surface area contributed by atoms with Crippen LogP contribution in [0.3, 0.4) is 0 Å². The number of hydroxylamine groups is 2. The van der Waals surface area contributed by atoms with E-state index in [4.69, 9.17) is 4.55 Å². The standard InChI is InChI=1S/C11H13N5O8S.Na/c17-9(7-4-23-5-12-7)13-14-10(18)8-2-1-6-3-15(8)11(19)16(6)24-25(20,21)22;/h4-6,8H,1-3H2,(H,13,17)(H,14,18)(H,20,21,22);/t6-,8+;/m1./s1. The molecule has 2 aliphatic rings. The molecule has 3 N–H and O–H groups in total. The Balaban J connectivity index is 0.00000243. The van der Waals surface area contributed by atoms with Gasteiger partial charge in [0.1, 0.15) is 12.3 Å². The van der Waals surface area contributed by atoms with E-state index in [-0.39, 0.29) is 54.6 Å². The molecular weight excluding hydrogens is 385 g/mol. The van der Waals surface area contributed by atoms with E-state index in [0.717, 1.165) is 17.6 Å². The molecule has 1 radical (unpaired) electrons. The molecular formula is C11H13N5NaO8S. The Labute approximate surface area is 169 Å². The molecule has 0 saturated carbocycles. The molecule has 0 spiro atoms. The quantitative estimate of drug-likeness (QED) is 0.296. The summed E-state index contributed by atoms with van der Waals surface area (Å²) < 4.78 is 39.2. The van der Waals surface area contributed by atoms with E-state index in [1.165, 1.54) is 0 Å². The predicted octanol–water partition coefficient (Wildman–Crippen LogP) is -1.94. The minimum Gasteiger partial charge on any atom is -0.451 e. The van der Waals surface area contributed by atoms with Crippen molar-refractivity contribution in [1.82, 2.24) is 25.8 Å². The van der Waals surface area contributed by atoms with Gasteiger partial charge < -0.3 is 9.32 Å². The molecule has 2 saturated heterocycles. The van der Waals surface area contributed by atoms with E-state index in [1.54, 1.807) is 0 Å². The first-order chi connectivity index (χ1) is 11.8. The van der Waals surface area contributed by atoms with Gasteiger partial charge in [0.15, 0.2) is 12.1 Å². The maximum Gasteiger partial charge on any atom is 0.418 e. The summed E-state index contributed by atoms with van der Waals surface area (Å²) in [5.41, 5.74) is 4.24. The van der Waals surface area contributed by atoms with Crippen LogP contribution in [-0.2, 0) is 19.5 Å². The molecule has 137 valence electrons. The summed E-state index contributed by atoms with van der Waals surface area (Å²) in [6, 6.07) is -2.41. The van der Waals surface area contributed by atoms with Gasteiger partial charge in [-0.2, -0.15) is 13.5 Å². The number of rotatable bonds is 4. The van der Waals surface area contributed by atoms with Crippen molar-refractivity contribution in [3.05, 3.63) is 18.4 Å². The molecule has 0 unspecified atom stereocenters. The second-order valence-electron chi connectivity index (χ2n) is 5.33. The maximum absolute atomic E-state index is 12.2. The zero-order valence-corrected chi connectivity index (χ0v) is 16.3. The topological polar surface area (TPSA) is 171 Å². The van der Waals surface area contributed by atoms with E-state index < -0.39 is 40.3 Å². The van der Waals surface area contributed by atoms with E-state index in [1.807, 2.05) is 0 Å². The largest absolute Gasteiger partial charge is 0.451 e. The van der Waals surface area contributed by atoms with Crippen molar-refractivity contribution in [3.8, 4) is 0 Å². The molecule has 2 atom stereocenters. The van der Waals surface area contributed by atoms with Crippen LogP contribution in [0.2, 0.25) is 0 Å². The van der Waals surface area contributed by atoms with Crippen LogP contribution in [0, 0.1) is 0 Å². The van der Waals surface area contributed by atoms with E-state index >= 15 is 0 Å². The van der Waals surface area contributed by atoms with Gasteiger partial charge in [0.05, 0.1) is 6.04 Å². The number of carbonyl (C=O) groups is 3. The second-order valence-corrected chi connectivity index (χ2v) is 6.33. The Morgan fingerprint density at radius 3 is 2.69 bits per heavy atom. The fraction of sp³-hybridized carbons (Fsp3) is 0.455. The SMILES string of the molecule is O=C(NNC(=O)[C@@H]1CC[C@@H]2CN1C(=O)N2OS(=O)(=O)O)c1cocn1.[Na]. The normalized spacial score (nSPS) is 22.0. The number of piperidine rings is 1. The second kappa shape index (κ2) is 7.89. The van der Waals surface area contributed by atoms with Gasteiger partial charge in [0, 0.05) is 36.1 Å². The van der Waals surface area contributed by atoms with Crippen LogP contribution in [0.5, 0.6) is 0 Å². The van der Waals surface area contributed by atoms with Crippen LogP contribution in [0.25, 0.3) is 0 Å². The van der Waals surface area contributed by atoms with E-state index in [2.05, 4.69) is 24.5 Å². The molecule has 13 nitrogen and oxygen atoms in total. The van der Waals surface area contributed by atoms with Gasteiger partial charge in [0.2, 0.25) is 0 Å². The van der Waals surface area contributed by atoms with Crippen molar-refractivity contribution in [2.24, 2.45) is 0 Å². The first kappa shape index (κ1) is 20.6. The van der Waals surface area contributed by atoms with Crippen LogP contribution < -0.4 is 10.9 Å². The van der Waals surface area contributed by atoms with Crippen LogP contribution in [0.1, 0.15) is 23.3 Å². The van der Waals surface area contributed by atoms with Gasteiger partial charge in [-0.05, 0) is 12.8 Å². The summed E-state index contributed by atoms with van der Waals surface area (Å²) in [6.45, 7) is 0.0453. The Morgan fingerprint density at radius 2 is 2.08 bits per heavy atom. The summed E-state index contributed by atoms with van der Waals surface area (Å²) >= 11 is 0. The Morgan fingerprint density at radius 1 is 1.35 bits per heavy atom. The minimum atomic E-state index is -4.86. The smallest absolute Gasteiger partial charge is 0.418 e. The van der Waals surface area contributed by atoms with Crippen molar-refractivity contribution in [1.29, 1.82) is 0 Å². The molecule has 0 aliphatic carbocycles. The first-order valence-electron chi connectivity index (χ1n) is 7.01.